The van der Waals surface area contributed by atoms with Crippen LogP contribution in [-0.2, 0) is 11.3 Å². The zero-order valence-electron chi connectivity index (χ0n) is 14.9. The summed E-state index contributed by atoms with van der Waals surface area (Å²) in [6, 6.07) is 5.77. The second-order valence-electron chi connectivity index (χ2n) is 7.04. The SMILES string of the molecule is COc1ccc(CNC(=O)C2(N)CCCC2)c(OC2CCCC2)c1.Cl. The van der Waals surface area contributed by atoms with Gasteiger partial charge in [-0.05, 0) is 50.7 Å². The molecule has 1 aromatic rings. The van der Waals surface area contributed by atoms with Gasteiger partial charge in [-0.25, -0.2) is 0 Å². The Morgan fingerprint density at radius 3 is 2.56 bits per heavy atom. The van der Waals surface area contributed by atoms with Gasteiger partial charge in [0.2, 0.25) is 5.91 Å². The van der Waals surface area contributed by atoms with Crippen molar-refractivity contribution in [3.63, 3.8) is 0 Å². The van der Waals surface area contributed by atoms with Gasteiger partial charge >= 0.3 is 0 Å². The third kappa shape index (κ3) is 4.79. The molecule has 3 N–H and O–H groups in total. The number of halogens is 1. The van der Waals surface area contributed by atoms with Crippen LogP contribution in [0.1, 0.15) is 56.9 Å². The predicted molar refractivity (Wildman–Crippen MR) is 100 cm³/mol. The summed E-state index contributed by atoms with van der Waals surface area (Å²) in [6.07, 6.45) is 8.49. The number of methoxy groups -OCH3 is 1. The van der Waals surface area contributed by atoms with E-state index in [9.17, 15) is 4.79 Å². The van der Waals surface area contributed by atoms with E-state index in [2.05, 4.69) is 5.32 Å². The van der Waals surface area contributed by atoms with E-state index in [0.29, 0.717) is 6.54 Å². The molecule has 2 saturated carbocycles. The van der Waals surface area contributed by atoms with Crippen LogP contribution in [0.2, 0.25) is 0 Å². The third-order valence-corrected chi connectivity index (χ3v) is 5.26. The van der Waals surface area contributed by atoms with Gasteiger partial charge in [0.25, 0.3) is 0 Å². The molecule has 1 amide bonds. The molecule has 3 rings (SSSR count). The van der Waals surface area contributed by atoms with Gasteiger partial charge in [-0.1, -0.05) is 12.8 Å². The van der Waals surface area contributed by atoms with Gasteiger partial charge in [-0.15, -0.1) is 12.4 Å². The number of hydrogen-bond acceptors (Lipinski definition) is 4. The van der Waals surface area contributed by atoms with Crippen LogP contribution in [0.15, 0.2) is 18.2 Å². The lowest BCUT2D eigenvalue weighted by Crippen LogP contribution is -2.51. The monoisotopic (exact) mass is 368 g/mol. The summed E-state index contributed by atoms with van der Waals surface area (Å²) < 4.78 is 11.5. The molecule has 0 aliphatic heterocycles. The number of amides is 1. The fraction of sp³-hybridized carbons (Fsp3) is 0.632. The fourth-order valence-electron chi connectivity index (χ4n) is 3.69. The van der Waals surface area contributed by atoms with E-state index in [4.69, 9.17) is 15.2 Å². The molecule has 0 saturated heterocycles. The van der Waals surface area contributed by atoms with E-state index < -0.39 is 5.54 Å². The molecule has 2 aliphatic rings. The topological polar surface area (TPSA) is 73.6 Å². The quantitative estimate of drug-likeness (QED) is 0.807. The Bertz CT molecular complexity index is 582. The van der Waals surface area contributed by atoms with Gasteiger partial charge < -0.3 is 20.5 Å². The Balaban J connectivity index is 0.00000225. The van der Waals surface area contributed by atoms with Crippen molar-refractivity contribution in [1.82, 2.24) is 5.32 Å². The van der Waals surface area contributed by atoms with Gasteiger partial charge in [0.05, 0.1) is 18.8 Å². The number of carbonyl (C=O) groups excluding carboxylic acids is 1. The molecule has 0 atom stereocenters. The summed E-state index contributed by atoms with van der Waals surface area (Å²) in [6.45, 7) is 0.434. The molecule has 25 heavy (non-hydrogen) atoms. The highest BCUT2D eigenvalue weighted by molar-refractivity contribution is 5.86. The number of benzene rings is 1. The van der Waals surface area contributed by atoms with Gasteiger partial charge in [0.15, 0.2) is 0 Å². The van der Waals surface area contributed by atoms with Crippen LogP contribution >= 0.6 is 12.4 Å². The van der Waals surface area contributed by atoms with E-state index in [1.807, 2.05) is 18.2 Å². The lowest BCUT2D eigenvalue weighted by molar-refractivity contribution is -0.126. The maximum Gasteiger partial charge on any atom is 0.240 e. The van der Waals surface area contributed by atoms with Crippen molar-refractivity contribution >= 4 is 18.3 Å². The van der Waals surface area contributed by atoms with Crippen LogP contribution in [0.25, 0.3) is 0 Å². The highest BCUT2D eigenvalue weighted by atomic mass is 35.5. The lowest BCUT2D eigenvalue weighted by atomic mass is 9.98. The van der Waals surface area contributed by atoms with E-state index in [0.717, 1.165) is 55.6 Å². The summed E-state index contributed by atoms with van der Waals surface area (Å²) >= 11 is 0. The average molecular weight is 369 g/mol. The van der Waals surface area contributed by atoms with Gasteiger partial charge in [-0.2, -0.15) is 0 Å². The molecule has 0 heterocycles. The van der Waals surface area contributed by atoms with E-state index in [1.54, 1.807) is 7.11 Å². The molecule has 0 unspecified atom stereocenters. The highest BCUT2D eigenvalue weighted by Gasteiger charge is 2.36. The fourth-order valence-corrected chi connectivity index (χ4v) is 3.69. The smallest absolute Gasteiger partial charge is 0.240 e. The standard InChI is InChI=1S/C19H28N2O3.ClH/c1-23-16-9-8-14(17(12-16)24-15-6-2-3-7-15)13-21-18(22)19(20)10-4-5-11-19;/h8-9,12,15H,2-7,10-11,13,20H2,1H3,(H,21,22);1H. The first-order chi connectivity index (χ1) is 11.6. The Morgan fingerprint density at radius 1 is 1.24 bits per heavy atom. The number of nitrogens with one attached hydrogen (secondary N) is 1. The van der Waals surface area contributed by atoms with Crippen LogP contribution in [0.5, 0.6) is 11.5 Å². The molecule has 0 bridgehead atoms. The van der Waals surface area contributed by atoms with Gasteiger partial charge in [-0.3, -0.25) is 4.79 Å². The van der Waals surface area contributed by atoms with Crippen LogP contribution in [0.3, 0.4) is 0 Å². The third-order valence-electron chi connectivity index (χ3n) is 5.26. The van der Waals surface area contributed by atoms with Crippen LogP contribution in [0.4, 0.5) is 0 Å². The first kappa shape index (κ1) is 19.9. The summed E-state index contributed by atoms with van der Waals surface area (Å²) in [5.41, 5.74) is 6.49. The maximum atomic E-state index is 12.4. The molecule has 0 aromatic heterocycles. The molecule has 5 nitrogen and oxygen atoms in total. The number of carbonyl (C=O) groups is 1. The normalized spacial score (nSPS) is 19.3. The molecular formula is C19H29ClN2O3. The highest BCUT2D eigenvalue weighted by Crippen LogP contribution is 2.31. The van der Waals surface area contributed by atoms with Crippen molar-refractivity contribution in [1.29, 1.82) is 0 Å². The van der Waals surface area contributed by atoms with E-state index in [-0.39, 0.29) is 24.4 Å². The average Bonchev–Trinajstić information content (AvgIpc) is 3.25. The van der Waals surface area contributed by atoms with Crippen LogP contribution < -0.4 is 20.5 Å². The summed E-state index contributed by atoms with van der Waals surface area (Å²) in [5.74, 6) is 1.52. The second-order valence-corrected chi connectivity index (χ2v) is 7.04. The molecular weight excluding hydrogens is 340 g/mol. The Kier molecular flexibility index (Phi) is 6.96. The first-order valence-electron chi connectivity index (χ1n) is 9.01. The van der Waals surface area contributed by atoms with Crippen molar-refractivity contribution in [3.8, 4) is 11.5 Å². The minimum absolute atomic E-state index is 0. The summed E-state index contributed by atoms with van der Waals surface area (Å²) in [7, 11) is 1.65. The molecule has 0 radical (unpaired) electrons. The summed E-state index contributed by atoms with van der Waals surface area (Å²) in [5, 5.41) is 3.00. The van der Waals surface area contributed by atoms with E-state index in [1.165, 1.54) is 12.8 Å². The van der Waals surface area contributed by atoms with Crippen molar-refractivity contribution in [2.45, 2.75) is 69.6 Å². The lowest BCUT2D eigenvalue weighted by Gasteiger charge is -2.23. The van der Waals surface area contributed by atoms with Crippen LogP contribution in [0, 0.1) is 0 Å². The zero-order chi connectivity index (χ0) is 17.0. The molecule has 140 valence electrons. The summed E-state index contributed by atoms with van der Waals surface area (Å²) in [4.78, 5) is 12.4. The van der Waals surface area contributed by atoms with Crippen molar-refractivity contribution in [2.75, 3.05) is 7.11 Å². The number of nitrogens with two attached hydrogens (primary N) is 1. The van der Waals surface area contributed by atoms with E-state index >= 15 is 0 Å². The predicted octanol–water partition coefficient (Wildman–Crippen LogP) is 3.33. The maximum absolute atomic E-state index is 12.4. The second kappa shape index (κ2) is 8.77. The number of ether oxygens (including phenoxy) is 2. The molecule has 2 fully saturated rings. The largest absolute Gasteiger partial charge is 0.497 e. The van der Waals surface area contributed by atoms with Gasteiger partial charge in [0, 0.05) is 18.2 Å². The Morgan fingerprint density at radius 2 is 1.92 bits per heavy atom. The number of hydrogen-bond donors (Lipinski definition) is 2. The molecule has 6 heteroatoms. The first-order valence-corrected chi connectivity index (χ1v) is 9.01. The Hall–Kier alpha value is -1.46. The Labute approximate surface area is 156 Å². The van der Waals surface area contributed by atoms with Gasteiger partial charge in [0.1, 0.15) is 11.5 Å². The minimum atomic E-state index is -0.695. The van der Waals surface area contributed by atoms with Crippen molar-refractivity contribution < 1.29 is 14.3 Å². The van der Waals surface area contributed by atoms with Crippen molar-refractivity contribution in [3.05, 3.63) is 23.8 Å². The molecule has 0 spiro atoms. The van der Waals surface area contributed by atoms with Crippen LogP contribution in [-0.4, -0.2) is 24.7 Å². The van der Waals surface area contributed by atoms with Crippen molar-refractivity contribution in [2.24, 2.45) is 5.73 Å². The zero-order valence-corrected chi connectivity index (χ0v) is 15.7. The molecule has 1 aromatic carbocycles. The molecule has 2 aliphatic carbocycles. The minimum Gasteiger partial charge on any atom is -0.497 e. The number of rotatable bonds is 6.